The lowest BCUT2D eigenvalue weighted by atomic mass is 10.2. The van der Waals surface area contributed by atoms with Crippen LogP contribution in [-0.4, -0.2) is 26.4 Å². The van der Waals surface area contributed by atoms with Crippen LogP contribution in [-0.2, 0) is 4.79 Å². The first-order valence-electron chi connectivity index (χ1n) is 9.57. The summed E-state index contributed by atoms with van der Waals surface area (Å²) in [5.41, 5.74) is 2.01. The quantitative estimate of drug-likeness (QED) is 0.397. The predicted molar refractivity (Wildman–Crippen MR) is 117 cm³/mol. The van der Waals surface area contributed by atoms with E-state index in [9.17, 15) is 18.0 Å². The van der Waals surface area contributed by atoms with Crippen molar-refractivity contribution in [3.63, 3.8) is 0 Å². The Morgan fingerprint density at radius 1 is 0.938 bits per heavy atom. The minimum Gasteiger partial charge on any atom is -0.323 e. The largest absolute Gasteiger partial charge is 0.323 e. The lowest BCUT2D eigenvalue weighted by Gasteiger charge is -2.11. The van der Waals surface area contributed by atoms with E-state index in [-0.39, 0.29) is 11.4 Å². The molecule has 1 heterocycles. The maximum absolute atomic E-state index is 14.0. The van der Waals surface area contributed by atoms with Crippen LogP contribution < -0.4 is 5.32 Å². The highest BCUT2D eigenvalue weighted by molar-refractivity contribution is 7.99. The highest BCUT2D eigenvalue weighted by Gasteiger charge is 2.18. The van der Waals surface area contributed by atoms with Crippen molar-refractivity contribution < 1.29 is 18.0 Å². The molecule has 0 unspecified atom stereocenters. The number of nitrogens with zero attached hydrogens (tertiary/aromatic N) is 3. The Bertz CT molecular complexity index is 1260. The Morgan fingerprint density at radius 3 is 2.25 bits per heavy atom. The number of aromatic nitrogens is 3. The second kappa shape index (κ2) is 9.27. The molecule has 0 aliphatic heterocycles. The Labute approximate surface area is 186 Å². The monoisotopic (exact) mass is 454 g/mol. The van der Waals surface area contributed by atoms with Crippen LogP contribution in [0, 0.1) is 24.4 Å². The third-order valence-corrected chi connectivity index (χ3v) is 5.48. The summed E-state index contributed by atoms with van der Waals surface area (Å²) in [5, 5.41) is 11.2. The van der Waals surface area contributed by atoms with Gasteiger partial charge in [-0.2, -0.15) is 0 Å². The van der Waals surface area contributed by atoms with Gasteiger partial charge >= 0.3 is 0 Å². The molecule has 1 amide bonds. The maximum Gasteiger partial charge on any atom is 0.234 e. The SMILES string of the molecule is Cc1ccc(NC(=O)CSc2nnc(-c3ccc(F)cc3)n2-c2ccc(F)cc2)c(F)c1. The third-order valence-electron chi connectivity index (χ3n) is 4.55. The van der Waals surface area contributed by atoms with Gasteiger partial charge in [0.15, 0.2) is 11.0 Å². The van der Waals surface area contributed by atoms with Crippen molar-refractivity contribution >= 4 is 23.4 Å². The molecule has 0 aliphatic carbocycles. The summed E-state index contributed by atoms with van der Waals surface area (Å²) in [6, 6.07) is 16.0. The first-order valence-corrected chi connectivity index (χ1v) is 10.6. The van der Waals surface area contributed by atoms with Crippen LogP contribution in [0.25, 0.3) is 17.1 Å². The molecule has 1 N–H and O–H groups in total. The van der Waals surface area contributed by atoms with Crippen LogP contribution in [0.3, 0.4) is 0 Å². The van der Waals surface area contributed by atoms with E-state index in [1.165, 1.54) is 36.4 Å². The molecule has 4 rings (SSSR count). The van der Waals surface area contributed by atoms with E-state index in [2.05, 4.69) is 15.5 Å². The van der Waals surface area contributed by atoms with Gasteiger partial charge in [-0.05, 0) is 73.2 Å². The van der Waals surface area contributed by atoms with Crippen LogP contribution in [0.5, 0.6) is 0 Å². The van der Waals surface area contributed by atoms with Gasteiger partial charge < -0.3 is 5.32 Å². The number of anilines is 1. The number of amides is 1. The topological polar surface area (TPSA) is 59.8 Å². The van der Waals surface area contributed by atoms with Crippen LogP contribution in [0.2, 0.25) is 0 Å². The van der Waals surface area contributed by atoms with Gasteiger partial charge in [-0.1, -0.05) is 17.8 Å². The van der Waals surface area contributed by atoms with Gasteiger partial charge in [0.05, 0.1) is 11.4 Å². The molecule has 1 aromatic heterocycles. The van der Waals surface area contributed by atoms with Crippen molar-refractivity contribution in [1.82, 2.24) is 14.8 Å². The number of hydrogen-bond donors (Lipinski definition) is 1. The highest BCUT2D eigenvalue weighted by Crippen LogP contribution is 2.28. The van der Waals surface area contributed by atoms with Crippen molar-refractivity contribution in [3.8, 4) is 17.1 Å². The third kappa shape index (κ3) is 4.83. The maximum atomic E-state index is 14.0. The smallest absolute Gasteiger partial charge is 0.234 e. The van der Waals surface area contributed by atoms with Gasteiger partial charge in [-0.15, -0.1) is 10.2 Å². The van der Waals surface area contributed by atoms with E-state index in [4.69, 9.17) is 0 Å². The van der Waals surface area contributed by atoms with Crippen molar-refractivity contribution in [2.75, 3.05) is 11.1 Å². The Balaban J connectivity index is 1.60. The molecule has 0 aliphatic rings. The van der Waals surface area contributed by atoms with Crippen molar-refractivity contribution in [1.29, 1.82) is 0 Å². The van der Waals surface area contributed by atoms with Crippen molar-refractivity contribution in [2.24, 2.45) is 0 Å². The first kappa shape index (κ1) is 21.6. The van der Waals surface area contributed by atoms with E-state index in [1.807, 2.05) is 0 Å². The number of carbonyl (C=O) groups excluding carboxylic acids is 1. The zero-order valence-corrected chi connectivity index (χ0v) is 17.7. The fourth-order valence-electron chi connectivity index (χ4n) is 3.01. The lowest BCUT2D eigenvalue weighted by Crippen LogP contribution is -2.15. The number of hydrogen-bond acceptors (Lipinski definition) is 4. The minimum absolute atomic E-state index is 0.0595. The predicted octanol–water partition coefficient (Wildman–Crippen LogP) is 5.39. The average molecular weight is 454 g/mol. The van der Waals surface area contributed by atoms with Gasteiger partial charge in [0.25, 0.3) is 0 Å². The molecule has 162 valence electrons. The van der Waals surface area contributed by atoms with Gasteiger partial charge in [0.2, 0.25) is 5.91 Å². The second-order valence-electron chi connectivity index (χ2n) is 6.95. The number of carbonyl (C=O) groups is 1. The van der Waals surface area contributed by atoms with E-state index in [0.29, 0.717) is 22.2 Å². The van der Waals surface area contributed by atoms with Gasteiger partial charge in [-0.3, -0.25) is 9.36 Å². The minimum atomic E-state index is -0.517. The molecule has 0 fully saturated rings. The van der Waals surface area contributed by atoms with Crippen LogP contribution in [0.1, 0.15) is 5.56 Å². The fourth-order valence-corrected chi connectivity index (χ4v) is 3.76. The Morgan fingerprint density at radius 2 is 1.59 bits per heavy atom. The zero-order valence-electron chi connectivity index (χ0n) is 16.8. The normalized spacial score (nSPS) is 10.9. The molecule has 32 heavy (non-hydrogen) atoms. The van der Waals surface area contributed by atoms with E-state index in [0.717, 1.165) is 17.3 Å². The zero-order chi connectivity index (χ0) is 22.7. The van der Waals surface area contributed by atoms with Crippen molar-refractivity contribution in [3.05, 3.63) is 89.7 Å². The van der Waals surface area contributed by atoms with Gasteiger partial charge in [0.1, 0.15) is 17.5 Å². The summed E-state index contributed by atoms with van der Waals surface area (Å²) < 4.78 is 42.5. The molecule has 9 heteroatoms. The van der Waals surface area contributed by atoms with E-state index in [1.54, 1.807) is 41.8 Å². The first-order chi connectivity index (χ1) is 15.4. The summed E-state index contributed by atoms with van der Waals surface area (Å²) in [4.78, 5) is 12.4. The second-order valence-corrected chi connectivity index (χ2v) is 7.89. The fraction of sp³-hybridized carbons (Fsp3) is 0.0870. The van der Waals surface area contributed by atoms with Crippen LogP contribution in [0.4, 0.5) is 18.9 Å². The molecule has 0 atom stereocenters. The molecule has 5 nitrogen and oxygen atoms in total. The number of benzene rings is 3. The lowest BCUT2D eigenvalue weighted by molar-refractivity contribution is -0.113. The van der Waals surface area contributed by atoms with Crippen LogP contribution in [0.15, 0.2) is 71.9 Å². The molecule has 3 aromatic carbocycles. The summed E-state index contributed by atoms with van der Waals surface area (Å²) in [7, 11) is 0. The number of halogens is 3. The van der Waals surface area contributed by atoms with Gasteiger partial charge in [0, 0.05) is 11.3 Å². The molecular formula is C23H17F3N4OS. The number of aryl methyl sites for hydroxylation is 1. The standard InChI is InChI=1S/C23H17F3N4OS/c1-14-2-11-20(19(26)12-14)27-21(31)13-32-23-29-28-22(15-3-5-16(24)6-4-15)30(23)18-9-7-17(25)8-10-18/h2-12H,13H2,1H3,(H,27,31). The summed E-state index contributed by atoms with van der Waals surface area (Å²) >= 11 is 1.09. The molecule has 4 aromatic rings. The van der Waals surface area contributed by atoms with Crippen molar-refractivity contribution in [2.45, 2.75) is 12.1 Å². The molecule has 0 saturated carbocycles. The Kier molecular flexibility index (Phi) is 6.27. The number of rotatable bonds is 6. The molecule has 0 saturated heterocycles. The van der Waals surface area contributed by atoms with E-state index < -0.39 is 23.4 Å². The highest BCUT2D eigenvalue weighted by atomic mass is 32.2. The van der Waals surface area contributed by atoms with Crippen LogP contribution >= 0.6 is 11.8 Å². The van der Waals surface area contributed by atoms with E-state index >= 15 is 0 Å². The molecule has 0 spiro atoms. The summed E-state index contributed by atoms with van der Waals surface area (Å²) in [5.74, 6) is -1.39. The Hall–Kier alpha value is -3.59. The van der Waals surface area contributed by atoms with Gasteiger partial charge in [-0.25, -0.2) is 13.2 Å². The molecule has 0 radical (unpaired) electrons. The number of thioether (sulfide) groups is 1. The summed E-state index contributed by atoms with van der Waals surface area (Å²) in [6.07, 6.45) is 0. The summed E-state index contributed by atoms with van der Waals surface area (Å²) in [6.45, 7) is 1.76. The molecular weight excluding hydrogens is 437 g/mol. The number of nitrogens with one attached hydrogen (secondary N) is 1. The average Bonchev–Trinajstić information content (AvgIpc) is 3.19. The molecule has 0 bridgehead atoms.